The number of nitrogens with one attached hydrogen (secondary N) is 1. The molecular formula is C13H27N3O3. The summed E-state index contributed by atoms with van der Waals surface area (Å²) in [5, 5.41) is 2.78. The van der Waals surface area contributed by atoms with Gasteiger partial charge >= 0.3 is 5.97 Å². The van der Waals surface area contributed by atoms with Gasteiger partial charge in [-0.15, -0.1) is 0 Å². The molecule has 0 aromatic heterocycles. The van der Waals surface area contributed by atoms with Crippen LogP contribution in [0.15, 0.2) is 0 Å². The van der Waals surface area contributed by atoms with E-state index in [4.69, 9.17) is 5.73 Å². The summed E-state index contributed by atoms with van der Waals surface area (Å²) in [6.45, 7) is 6.30. The molecule has 0 aliphatic rings. The number of esters is 1. The number of hydrogen-bond donors (Lipinski definition) is 2. The molecule has 0 aliphatic heterocycles. The van der Waals surface area contributed by atoms with Crippen LogP contribution in [0, 0.1) is 5.41 Å². The summed E-state index contributed by atoms with van der Waals surface area (Å²) in [5.41, 5.74) is 5.65. The van der Waals surface area contributed by atoms with Gasteiger partial charge in [0.1, 0.15) is 0 Å². The zero-order chi connectivity index (χ0) is 14.9. The third-order valence-corrected chi connectivity index (χ3v) is 2.77. The molecule has 0 radical (unpaired) electrons. The van der Waals surface area contributed by atoms with E-state index in [2.05, 4.69) is 23.9 Å². The van der Waals surface area contributed by atoms with Gasteiger partial charge in [-0.2, -0.15) is 0 Å². The lowest BCUT2D eigenvalue weighted by Gasteiger charge is -2.28. The molecule has 6 nitrogen and oxygen atoms in total. The van der Waals surface area contributed by atoms with Gasteiger partial charge < -0.3 is 15.8 Å². The van der Waals surface area contributed by atoms with Crippen LogP contribution in [0.3, 0.4) is 0 Å². The van der Waals surface area contributed by atoms with E-state index in [9.17, 15) is 9.59 Å². The van der Waals surface area contributed by atoms with E-state index >= 15 is 0 Å². The van der Waals surface area contributed by atoms with Crippen molar-refractivity contribution in [3.63, 3.8) is 0 Å². The van der Waals surface area contributed by atoms with Crippen LogP contribution in [0.2, 0.25) is 0 Å². The van der Waals surface area contributed by atoms with Crippen molar-refractivity contribution in [3.8, 4) is 0 Å². The monoisotopic (exact) mass is 273 g/mol. The third kappa shape index (κ3) is 9.44. The predicted molar refractivity (Wildman–Crippen MR) is 74.6 cm³/mol. The minimum atomic E-state index is -0.254. The molecule has 3 N–H and O–H groups in total. The van der Waals surface area contributed by atoms with Crippen molar-refractivity contribution in [2.24, 2.45) is 11.1 Å². The number of carbonyl (C=O) groups is 2. The summed E-state index contributed by atoms with van der Waals surface area (Å²) >= 11 is 0. The molecule has 0 saturated heterocycles. The number of nitrogens with zero attached hydrogens (tertiary/aromatic N) is 1. The van der Waals surface area contributed by atoms with E-state index in [0.717, 1.165) is 6.54 Å². The Morgan fingerprint density at radius 2 is 2.00 bits per heavy atom. The molecule has 0 unspecified atom stereocenters. The molecule has 0 rings (SSSR count). The van der Waals surface area contributed by atoms with Gasteiger partial charge in [0.2, 0.25) is 5.91 Å². The molecule has 1 amide bonds. The lowest BCUT2D eigenvalue weighted by Crippen LogP contribution is -2.42. The Balaban J connectivity index is 3.77. The smallest absolute Gasteiger partial charge is 0.305 e. The van der Waals surface area contributed by atoms with Gasteiger partial charge in [-0.1, -0.05) is 13.8 Å². The number of ether oxygens (including phenoxy) is 1. The number of carbonyl (C=O) groups excluding carboxylic acids is 2. The Morgan fingerprint density at radius 3 is 2.53 bits per heavy atom. The van der Waals surface area contributed by atoms with Gasteiger partial charge in [-0.3, -0.25) is 14.5 Å². The number of likely N-dealkylation sites (N-methyl/N-ethyl adjacent to an activating group) is 1. The summed E-state index contributed by atoms with van der Waals surface area (Å²) in [7, 11) is 3.25. The predicted octanol–water partition coefficient (Wildman–Crippen LogP) is -0.0275. The SMILES string of the molecule is COC(=O)CCCNC(=O)CN(C)CC(C)(C)CN. The van der Waals surface area contributed by atoms with Crippen molar-refractivity contribution >= 4 is 11.9 Å². The Morgan fingerprint density at radius 1 is 1.37 bits per heavy atom. The van der Waals surface area contributed by atoms with E-state index in [1.165, 1.54) is 7.11 Å². The number of rotatable bonds is 9. The van der Waals surface area contributed by atoms with Crippen molar-refractivity contribution in [2.75, 3.05) is 40.3 Å². The van der Waals surface area contributed by atoms with Crippen LogP contribution in [-0.4, -0.2) is 57.1 Å². The fourth-order valence-corrected chi connectivity index (χ4v) is 1.71. The highest BCUT2D eigenvalue weighted by Crippen LogP contribution is 2.13. The van der Waals surface area contributed by atoms with Crippen LogP contribution in [0.5, 0.6) is 0 Å². The average molecular weight is 273 g/mol. The maximum atomic E-state index is 11.6. The topological polar surface area (TPSA) is 84.7 Å². The second-order valence-corrected chi connectivity index (χ2v) is 5.57. The lowest BCUT2D eigenvalue weighted by atomic mass is 9.93. The fraction of sp³-hybridized carbons (Fsp3) is 0.846. The van der Waals surface area contributed by atoms with Gasteiger partial charge in [0, 0.05) is 19.5 Å². The summed E-state index contributed by atoms with van der Waals surface area (Å²) in [4.78, 5) is 24.5. The van der Waals surface area contributed by atoms with Crippen LogP contribution < -0.4 is 11.1 Å². The van der Waals surface area contributed by atoms with Crippen LogP contribution in [0.4, 0.5) is 0 Å². The van der Waals surface area contributed by atoms with Gasteiger partial charge in [0.05, 0.1) is 13.7 Å². The van der Waals surface area contributed by atoms with Crippen LogP contribution in [0.1, 0.15) is 26.7 Å². The Hall–Kier alpha value is -1.14. The maximum Gasteiger partial charge on any atom is 0.305 e. The molecule has 0 saturated carbocycles. The Kier molecular flexibility index (Phi) is 8.34. The number of nitrogens with two attached hydrogens (primary N) is 1. The first kappa shape index (κ1) is 17.9. The van der Waals surface area contributed by atoms with Crippen molar-refractivity contribution in [1.29, 1.82) is 0 Å². The van der Waals surface area contributed by atoms with E-state index in [1.54, 1.807) is 0 Å². The Labute approximate surface area is 115 Å². The van der Waals surface area contributed by atoms with E-state index in [1.807, 2.05) is 11.9 Å². The lowest BCUT2D eigenvalue weighted by molar-refractivity contribution is -0.140. The quantitative estimate of drug-likeness (QED) is 0.455. The highest BCUT2D eigenvalue weighted by Gasteiger charge is 2.19. The van der Waals surface area contributed by atoms with Crippen molar-refractivity contribution in [1.82, 2.24) is 10.2 Å². The maximum absolute atomic E-state index is 11.6. The van der Waals surface area contributed by atoms with Gasteiger partial charge in [0.25, 0.3) is 0 Å². The molecule has 0 aromatic carbocycles. The number of amides is 1. The zero-order valence-corrected chi connectivity index (χ0v) is 12.5. The summed E-state index contributed by atoms with van der Waals surface area (Å²) in [6, 6.07) is 0. The second-order valence-electron chi connectivity index (χ2n) is 5.57. The van der Waals surface area contributed by atoms with Crippen LogP contribution in [0.25, 0.3) is 0 Å². The molecule has 0 heterocycles. The van der Waals surface area contributed by atoms with E-state index in [0.29, 0.717) is 32.5 Å². The minimum absolute atomic E-state index is 0.0000854. The van der Waals surface area contributed by atoms with E-state index in [-0.39, 0.29) is 17.3 Å². The van der Waals surface area contributed by atoms with Gasteiger partial charge in [0.15, 0.2) is 0 Å². The molecule has 0 fully saturated rings. The van der Waals surface area contributed by atoms with Crippen LogP contribution in [-0.2, 0) is 14.3 Å². The molecule has 19 heavy (non-hydrogen) atoms. The highest BCUT2D eigenvalue weighted by atomic mass is 16.5. The first-order valence-corrected chi connectivity index (χ1v) is 6.53. The molecule has 6 heteroatoms. The molecule has 0 aliphatic carbocycles. The third-order valence-electron chi connectivity index (χ3n) is 2.77. The molecule has 112 valence electrons. The van der Waals surface area contributed by atoms with Crippen LogP contribution >= 0.6 is 0 Å². The van der Waals surface area contributed by atoms with Crippen molar-refractivity contribution < 1.29 is 14.3 Å². The zero-order valence-electron chi connectivity index (χ0n) is 12.5. The van der Waals surface area contributed by atoms with Gasteiger partial charge in [-0.05, 0) is 25.4 Å². The van der Waals surface area contributed by atoms with E-state index < -0.39 is 0 Å². The fourth-order valence-electron chi connectivity index (χ4n) is 1.71. The average Bonchev–Trinajstić information content (AvgIpc) is 2.33. The molecule has 0 aromatic rings. The standard InChI is InChI=1S/C13H27N3O3/c1-13(2,9-14)10-16(3)8-11(17)15-7-5-6-12(18)19-4/h5-10,14H2,1-4H3,(H,15,17). The Bertz CT molecular complexity index is 293. The summed E-state index contributed by atoms with van der Waals surface area (Å²) in [6.07, 6.45) is 0.920. The normalized spacial score (nSPS) is 11.5. The molecule has 0 spiro atoms. The number of hydrogen-bond acceptors (Lipinski definition) is 5. The first-order valence-electron chi connectivity index (χ1n) is 6.53. The van der Waals surface area contributed by atoms with Crippen molar-refractivity contribution in [2.45, 2.75) is 26.7 Å². The highest BCUT2D eigenvalue weighted by molar-refractivity contribution is 5.78. The second kappa shape index (κ2) is 8.87. The summed E-state index contributed by atoms with van der Waals surface area (Å²) in [5.74, 6) is -0.295. The molecular weight excluding hydrogens is 246 g/mol. The van der Waals surface area contributed by atoms with Crippen molar-refractivity contribution in [3.05, 3.63) is 0 Å². The van der Waals surface area contributed by atoms with Gasteiger partial charge in [-0.25, -0.2) is 0 Å². The molecule has 0 bridgehead atoms. The first-order chi connectivity index (χ1) is 8.80. The minimum Gasteiger partial charge on any atom is -0.469 e. The molecule has 0 atom stereocenters. The number of methoxy groups -OCH3 is 1. The largest absolute Gasteiger partial charge is 0.469 e. The summed E-state index contributed by atoms with van der Waals surface area (Å²) < 4.78 is 4.52.